The molecule has 5 heteroatoms. The third-order valence-electron chi connectivity index (χ3n) is 2.86. The summed E-state index contributed by atoms with van der Waals surface area (Å²) >= 11 is 4.26. The third kappa shape index (κ3) is 3.32. The van der Waals surface area contributed by atoms with Crippen molar-refractivity contribution in [2.75, 3.05) is 7.11 Å². The minimum atomic E-state index is -0.0248. The summed E-state index contributed by atoms with van der Waals surface area (Å²) in [5.74, 6) is 0.701. The highest BCUT2D eigenvalue weighted by Gasteiger charge is 2.17. The van der Waals surface area contributed by atoms with Crippen molar-refractivity contribution in [3.05, 3.63) is 60.2 Å². The quantitative estimate of drug-likeness (QED) is 0.522. The van der Waals surface area contributed by atoms with Crippen molar-refractivity contribution in [1.82, 2.24) is 0 Å². The van der Waals surface area contributed by atoms with E-state index in [2.05, 4.69) is 45.2 Å². The molecule has 0 saturated carbocycles. The van der Waals surface area contributed by atoms with Gasteiger partial charge in [-0.05, 0) is 87.1 Å². The maximum Gasteiger partial charge on any atom is 0.195 e. The summed E-state index contributed by atoms with van der Waals surface area (Å²) in [4.78, 5) is 12.6. The average Bonchev–Trinajstić information content (AvgIpc) is 2.46. The average molecular weight is 494 g/mol. The van der Waals surface area contributed by atoms with Crippen LogP contribution in [0.5, 0.6) is 5.75 Å². The van der Waals surface area contributed by atoms with Crippen molar-refractivity contribution in [3.8, 4) is 5.75 Å². The molecule has 104 valence electrons. The highest BCUT2D eigenvalue weighted by Crippen LogP contribution is 2.25. The normalized spacial score (nSPS) is 10.4. The van der Waals surface area contributed by atoms with Crippen molar-refractivity contribution in [1.29, 1.82) is 0 Å². The molecule has 0 aliphatic heterocycles. The molecular formula is C15H12I2O3. The van der Waals surface area contributed by atoms with Gasteiger partial charge in [-0.3, -0.25) is 4.79 Å². The molecule has 0 aliphatic carbocycles. The number of rotatable bonds is 4. The van der Waals surface area contributed by atoms with Gasteiger partial charge >= 0.3 is 0 Å². The van der Waals surface area contributed by atoms with Crippen molar-refractivity contribution in [2.24, 2.45) is 0 Å². The van der Waals surface area contributed by atoms with Gasteiger partial charge in [-0.1, -0.05) is 0 Å². The molecule has 0 amide bonds. The predicted molar refractivity (Wildman–Crippen MR) is 94.2 cm³/mol. The summed E-state index contributed by atoms with van der Waals surface area (Å²) < 4.78 is 6.78. The van der Waals surface area contributed by atoms with E-state index in [4.69, 9.17) is 4.74 Å². The van der Waals surface area contributed by atoms with E-state index in [1.54, 1.807) is 31.4 Å². The summed E-state index contributed by atoms with van der Waals surface area (Å²) in [6.07, 6.45) is 0. The topological polar surface area (TPSA) is 46.5 Å². The maximum absolute atomic E-state index is 12.6. The second-order valence-electron chi connectivity index (χ2n) is 4.15. The Morgan fingerprint density at radius 3 is 2.15 bits per heavy atom. The number of benzene rings is 2. The molecule has 0 atom stereocenters. The maximum atomic E-state index is 12.6. The SMILES string of the molecule is COc1ccc(C(=O)c2c(I)cc(CO)cc2I)cc1. The van der Waals surface area contributed by atoms with Gasteiger partial charge in [0.05, 0.1) is 13.7 Å². The number of hydrogen-bond acceptors (Lipinski definition) is 3. The van der Waals surface area contributed by atoms with Gasteiger partial charge in [0.25, 0.3) is 0 Å². The molecule has 3 nitrogen and oxygen atoms in total. The summed E-state index contributed by atoms with van der Waals surface area (Å²) in [5, 5.41) is 9.19. The number of ketones is 1. The monoisotopic (exact) mass is 494 g/mol. The Morgan fingerprint density at radius 2 is 1.70 bits per heavy atom. The molecule has 0 unspecified atom stereocenters. The van der Waals surface area contributed by atoms with Gasteiger partial charge in [0.15, 0.2) is 5.78 Å². The lowest BCUT2D eigenvalue weighted by molar-refractivity contribution is 0.103. The van der Waals surface area contributed by atoms with Gasteiger partial charge in [0.2, 0.25) is 0 Å². The van der Waals surface area contributed by atoms with Crippen molar-refractivity contribution in [3.63, 3.8) is 0 Å². The summed E-state index contributed by atoms with van der Waals surface area (Å²) in [7, 11) is 1.59. The molecule has 2 aromatic carbocycles. The molecule has 0 radical (unpaired) electrons. The zero-order valence-corrected chi connectivity index (χ0v) is 15.0. The van der Waals surface area contributed by atoms with E-state index in [-0.39, 0.29) is 12.4 Å². The van der Waals surface area contributed by atoms with E-state index in [0.717, 1.165) is 18.5 Å². The van der Waals surface area contributed by atoms with Crippen LogP contribution in [-0.4, -0.2) is 18.0 Å². The molecule has 0 aliphatic rings. The van der Waals surface area contributed by atoms with Crippen LogP contribution in [0.1, 0.15) is 21.5 Å². The fourth-order valence-electron chi connectivity index (χ4n) is 1.82. The van der Waals surface area contributed by atoms with Gasteiger partial charge in [-0.25, -0.2) is 0 Å². The van der Waals surface area contributed by atoms with Gasteiger partial charge in [-0.2, -0.15) is 0 Å². The molecule has 0 bridgehead atoms. The number of methoxy groups -OCH3 is 1. The minimum absolute atomic E-state index is 0.0223. The van der Waals surface area contributed by atoms with Crippen LogP contribution in [0.2, 0.25) is 0 Å². The summed E-state index contributed by atoms with van der Waals surface area (Å²) in [6.45, 7) is -0.0248. The number of ether oxygens (including phenoxy) is 1. The van der Waals surface area contributed by atoms with Crippen LogP contribution in [0.3, 0.4) is 0 Å². The number of aliphatic hydroxyl groups is 1. The lowest BCUT2D eigenvalue weighted by atomic mass is 10.0. The Hall–Kier alpha value is -0.670. The van der Waals surface area contributed by atoms with Crippen molar-refractivity contribution < 1.29 is 14.6 Å². The second kappa shape index (κ2) is 6.86. The smallest absolute Gasteiger partial charge is 0.195 e. The number of aliphatic hydroxyl groups excluding tert-OH is 1. The Labute approximate surface area is 144 Å². The van der Waals surface area contributed by atoms with E-state index < -0.39 is 0 Å². The molecule has 0 heterocycles. The van der Waals surface area contributed by atoms with Crippen molar-refractivity contribution >= 4 is 51.0 Å². The molecule has 0 fully saturated rings. The number of carbonyl (C=O) groups excluding carboxylic acids is 1. The minimum Gasteiger partial charge on any atom is -0.497 e. The van der Waals surface area contributed by atoms with Crippen LogP contribution in [0.15, 0.2) is 36.4 Å². The summed E-state index contributed by atoms with van der Waals surface area (Å²) in [6, 6.07) is 10.7. The lowest BCUT2D eigenvalue weighted by Crippen LogP contribution is -2.07. The molecule has 0 aromatic heterocycles. The van der Waals surface area contributed by atoms with Gasteiger partial charge in [0.1, 0.15) is 5.75 Å². The Kier molecular flexibility index (Phi) is 5.39. The lowest BCUT2D eigenvalue weighted by Gasteiger charge is -2.09. The predicted octanol–water partition coefficient (Wildman–Crippen LogP) is 3.63. The largest absolute Gasteiger partial charge is 0.497 e. The van der Waals surface area contributed by atoms with Crippen LogP contribution in [-0.2, 0) is 6.61 Å². The summed E-state index contributed by atoms with van der Waals surface area (Å²) in [5.41, 5.74) is 2.11. The molecule has 1 N–H and O–H groups in total. The first-order valence-electron chi connectivity index (χ1n) is 5.84. The van der Waals surface area contributed by atoms with Gasteiger partial charge in [0, 0.05) is 18.3 Å². The molecule has 0 spiro atoms. The molecule has 20 heavy (non-hydrogen) atoms. The van der Waals surface area contributed by atoms with Gasteiger partial charge < -0.3 is 9.84 Å². The number of carbonyl (C=O) groups is 1. The first kappa shape index (κ1) is 15.7. The number of halogens is 2. The van der Waals surface area contributed by atoms with Crippen molar-refractivity contribution in [2.45, 2.75) is 6.61 Å². The van der Waals surface area contributed by atoms with Gasteiger partial charge in [-0.15, -0.1) is 0 Å². The molecule has 0 saturated heterocycles. The molecule has 2 rings (SSSR count). The number of hydrogen-bond donors (Lipinski definition) is 1. The van der Waals surface area contributed by atoms with E-state index in [1.807, 2.05) is 12.1 Å². The first-order valence-corrected chi connectivity index (χ1v) is 8.00. The zero-order valence-electron chi connectivity index (χ0n) is 10.7. The Bertz CT molecular complexity index is 613. The highest BCUT2D eigenvalue weighted by molar-refractivity contribution is 14.1. The van der Waals surface area contributed by atoms with Crippen LogP contribution >= 0.6 is 45.2 Å². The van der Waals surface area contributed by atoms with E-state index in [1.165, 1.54) is 0 Å². The molecule has 2 aromatic rings. The highest BCUT2D eigenvalue weighted by atomic mass is 127. The van der Waals surface area contributed by atoms with Crippen LogP contribution < -0.4 is 4.74 Å². The first-order chi connectivity index (χ1) is 9.56. The van der Waals surface area contributed by atoms with Crippen LogP contribution in [0.25, 0.3) is 0 Å². The zero-order chi connectivity index (χ0) is 14.7. The van der Waals surface area contributed by atoms with E-state index in [0.29, 0.717) is 11.1 Å². The van der Waals surface area contributed by atoms with E-state index >= 15 is 0 Å². The standard InChI is InChI=1S/C15H12I2O3/c1-20-11-4-2-10(3-5-11)15(19)14-12(16)6-9(8-18)7-13(14)17/h2-7,18H,8H2,1H3. The fourth-order valence-corrected chi connectivity index (χ4v) is 4.21. The van der Waals surface area contributed by atoms with E-state index in [9.17, 15) is 9.90 Å². The third-order valence-corrected chi connectivity index (χ3v) is 4.57. The Morgan fingerprint density at radius 1 is 1.15 bits per heavy atom. The Balaban J connectivity index is 2.42. The fraction of sp³-hybridized carbons (Fsp3) is 0.133. The van der Waals surface area contributed by atoms with Crippen LogP contribution in [0.4, 0.5) is 0 Å². The molecular weight excluding hydrogens is 482 g/mol. The second-order valence-corrected chi connectivity index (χ2v) is 6.47. The van der Waals surface area contributed by atoms with Crippen LogP contribution in [0, 0.1) is 7.14 Å².